The second kappa shape index (κ2) is 9.51. The number of rotatable bonds is 9. The summed E-state index contributed by atoms with van der Waals surface area (Å²) >= 11 is 3.52. The van der Waals surface area contributed by atoms with Crippen LogP contribution in [0.3, 0.4) is 0 Å². The average molecular weight is 327 g/mol. The van der Waals surface area contributed by atoms with Gasteiger partial charge in [-0.25, -0.2) is 0 Å². The fraction of sp³-hybridized carbons (Fsp3) is 0.625. The Morgan fingerprint density at radius 1 is 1.21 bits per heavy atom. The van der Waals surface area contributed by atoms with E-state index in [4.69, 9.17) is 0 Å². The highest BCUT2D eigenvalue weighted by atomic mass is 79.9. The molecule has 0 aromatic heterocycles. The van der Waals surface area contributed by atoms with Crippen molar-refractivity contribution in [2.75, 3.05) is 20.1 Å². The molecule has 0 heterocycles. The SMILES string of the molecule is CC(C)NCCCCCN(C)Cc1cccc(Br)c1. The lowest BCUT2D eigenvalue weighted by Gasteiger charge is -2.17. The maximum atomic E-state index is 3.52. The highest BCUT2D eigenvalue weighted by Crippen LogP contribution is 2.13. The Balaban J connectivity index is 2.09. The molecular weight excluding hydrogens is 300 g/mol. The van der Waals surface area contributed by atoms with E-state index in [1.54, 1.807) is 0 Å². The molecule has 1 aromatic carbocycles. The molecule has 0 saturated carbocycles. The fourth-order valence-corrected chi connectivity index (χ4v) is 2.55. The Bertz CT molecular complexity index is 352. The predicted molar refractivity (Wildman–Crippen MR) is 87.5 cm³/mol. The molecule has 19 heavy (non-hydrogen) atoms. The molecule has 0 aliphatic rings. The van der Waals surface area contributed by atoms with Crippen molar-refractivity contribution in [1.82, 2.24) is 10.2 Å². The number of halogens is 1. The molecule has 0 radical (unpaired) electrons. The van der Waals surface area contributed by atoms with Crippen molar-refractivity contribution < 1.29 is 0 Å². The number of hydrogen-bond donors (Lipinski definition) is 1. The number of unbranched alkanes of at least 4 members (excludes halogenated alkanes) is 2. The van der Waals surface area contributed by atoms with Crippen LogP contribution in [0.4, 0.5) is 0 Å². The molecule has 0 amide bonds. The highest BCUT2D eigenvalue weighted by Gasteiger charge is 2.01. The predicted octanol–water partition coefficient (Wildman–Crippen LogP) is 4.05. The molecule has 3 heteroatoms. The monoisotopic (exact) mass is 326 g/mol. The van der Waals surface area contributed by atoms with Gasteiger partial charge in [-0.3, -0.25) is 0 Å². The zero-order chi connectivity index (χ0) is 14.1. The Hall–Kier alpha value is -0.380. The van der Waals surface area contributed by atoms with Gasteiger partial charge in [0.15, 0.2) is 0 Å². The summed E-state index contributed by atoms with van der Waals surface area (Å²) in [5, 5.41) is 3.46. The van der Waals surface area contributed by atoms with Crippen LogP contribution in [0.15, 0.2) is 28.7 Å². The summed E-state index contributed by atoms with van der Waals surface area (Å²) in [6.45, 7) is 7.75. The van der Waals surface area contributed by atoms with Crippen molar-refractivity contribution in [1.29, 1.82) is 0 Å². The second-order valence-corrected chi connectivity index (χ2v) is 6.45. The van der Waals surface area contributed by atoms with Gasteiger partial charge in [0.1, 0.15) is 0 Å². The van der Waals surface area contributed by atoms with E-state index in [0.29, 0.717) is 6.04 Å². The molecule has 1 aromatic rings. The van der Waals surface area contributed by atoms with Crippen molar-refractivity contribution in [3.05, 3.63) is 34.3 Å². The van der Waals surface area contributed by atoms with Gasteiger partial charge in [-0.15, -0.1) is 0 Å². The topological polar surface area (TPSA) is 15.3 Å². The van der Waals surface area contributed by atoms with Crippen molar-refractivity contribution in [3.63, 3.8) is 0 Å². The average Bonchev–Trinajstić information content (AvgIpc) is 2.33. The van der Waals surface area contributed by atoms with Gasteiger partial charge < -0.3 is 10.2 Å². The molecule has 0 fully saturated rings. The number of hydrogen-bond acceptors (Lipinski definition) is 2. The Morgan fingerprint density at radius 3 is 2.68 bits per heavy atom. The summed E-state index contributed by atoms with van der Waals surface area (Å²) in [4.78, 5) is 2.40. The van der Waals surface area contributed by atoms with Crippen molar-refractivity contribution in [2.45, 2.75) is 45.7 Å². The normalized spacial score (nSPS) is 11.5. The van der Waals surface area contributed by atoms with E-state index < -0.39 is 0 Å². The van der Waals surface area contributed by atoms with Crippen LogP contribution < -0.4 is 5.32 Å². The third-order valence-electron chi connectivity index (χ3n) is 3.11. The zero-order valence-corrected chi connectivity index (χ0v) is 14.0. The molecule has 0 bridgehead atoms. The summed E-state index contributed by atoms with van der Waals surface area (Å²) < 4.78 is 1.16. The molecule has 0 aliphatic heterocycles. The first-order chi connectivity index (χ1) is 9.08. The van der Waals surface area contributed by atoms with Crippen molar-refractivity contribution >= 4 is 15.9 Å². The van der Waals surface area contributed by atoms with Crippen LogP contribution in [-0.4, -0.2) is 31.1 Å². The molecule has 0 spiro atoms. The lowest BCUT2D eigenvalue weighted by atomic mass is 10.2. The van der Waals surface area contributed by atoms with Crippen molar-refractivity contribution in [2.24, 2.45) is 0 Å². The molecule has 0 atom stereocenters. The van der Waals surface area contributed by atoms with Gasteiger partial charge in [0.25, 0.3) is 0 Å². The quantitative estimate of drug-likeness (QED) is 0.689. The smallest absolute Gasteiger partial charge is 0.0231 e. The maximum Gasteiger partial charge on any atom is 0.0231 e. The number of nitrogens with zero attached hydrogens (tertiary/aromatic N) is 1. The van der Waals surface area contributed by atoms with Crippen LogP contribution in [0, 0.1) is 0 Å². The molecule has 0 saturated heterocycles. The maximum absolute atomic E-state index is 3.52. The van der Waals surface area contributed by atoms with E-state index in [0.717, 1.165) is 17.6 Å². The van der Waals surface area contributed by atoms with Crippen molar-refractivity contribution in [3.8, 4) is 0 Å². The van der Waals surface area contributed by atoms with E-state index >= 15 is 0 Å². The van der Waals surface area contributed by atoms with Gasteiger partial charge in [0.2, 0.25) is 0 Å². The Morgan fingerprint density at radius 2 is 2.00 bits per heavy atom. The van der Waals surface area contributed by atoms with Gasteiger partial charge in [-0.05, 0) is 50.7 Å². The van der Waals surface area contributed by atoms with Gasteiger partial charge in [0, 0.05) is 17.1 Å². The number of nitrogens with one attached hydrogen (secondary N) is 1. The van der Waals surface area contributed by atoms with Gasteiger partial charge >= 0.3 is 0 Å². The first-order valence-electron chi connectivity index (χ1n) is 7.24. The molecule has 1 rings (SSSR count). The summed E-state index contributed by atoms with van der Waals surface area (Å²) in [6.07, 6.45) is 3.87. The second-order valence-electron chi connectivity index (χ2n) is 5.54. The van der Waals surface area contributed by atoms with E-state index in [2.05, 4.69) is 71.3 Å². The molecule has 2 nitrogen and oxygen atoms in total. The zero-order valence-electron chi connectivity index (χ0n) is 12.5. The first-order valence-corrected chi connectivity index (χ1v) is 8.03. The number of benzene rings is 1. The molecule has 108 valence electrons. The minimum atomic E-state index is 0.610. The molecule has 0 aliphatic carbocycles. The van der Waals surface area contributed by atoms with Crippen LogP contribution in [-0.2, 0) is 6.54 Å². The lowest BCUT2D eigenvalue weighted by molar-refractivity contribution is 0.316. The van der Waals surface area contributed by atoms with E-state index in [9.17, 15) is 0 Å². The van der Waals surface area contributed by atoms with Gasteiger partial charge in [-0.2, -0.15) is 0 Å². The third kappa shape index (κ3) is 8.40. The van der Waals surface area contributed by atoms with Crippen LogP contribution in [0.2, 0.25) is 0 Å². The Kier molecular flexibility index (Phi) is 8.35. The molecular formula is C16H27BrN2. The summed E-state index contributed by atoms with van der Waals surface area (Å²) in [5.41, 5.74) is 1.37. The summed E-state index contributed by atoms with van der Waals surface area (Å²) in [7, 11) is 2.20. The Labute approximate surface area is 126 Å². The lowest BCUT2D eigenvalue weighted by Crippen LogP contribution is -2.24. The fourth-order valence-electron chi connectivity index (χ4n) is 2.10. The summed E-state index contributed by atoms with van der Waals surface area (Å²) in [5.74, 6) is 0. The van der Waals surface area contributed by atoms with E-state index in [-0.39, 0.29) is 0 Å². The standard InChI is InChI=1S/C16H27BrN2/c1-14(2)18-10-5-4-6-11-19(3)13-15-8-7-9-16(17)12-15/h7-9,12,14,18H,4-6,10-11,13H2,1-3H3. The minimum absolute atomic E-state index is 0.610. The van der Waals surface area contributed by atoms with Crippen LogP contribution in [0.1, 0.15) is 38.7 Å². The van der Waals surface area contributed by atoms with Crippen LogP contribution >= 0.6 is 15.9 Å². The van der Waals surface area contributed by atoms with E-state index in [1.165, 1.54) is 31.4 Å². The van der Waals surface area contributed by atoms with Crippen LogP contribution in [0.5, 0.6) is 0 Å². The first kappa shape index (κ1) is 16.7. The molecule has 0 unspecified atom stereocenters. The summed E-state index contributed by atoms with van der Waals surface area (Å²) in [6, 6.07) is 9.17. The third-order valence-corrected chi connectivity index (χ3v) is 3.60. The highest BCUT2D eigenvalue weighted by molar-refractivity contribution is 9.10. The minimum Gasteiger partial charge on any atom is -0.315 e. The molecule has 1 N–H and O–H groups in total. The van der Waals surface area contributed by atoms with Gasteiger partial charge in [-0.1, -0.05) is 48.3 Å². The van der Waals surface area contributed by atoms with Crippen LogP contribution in [0.25, 0.3) is 0 Å². The van der Waals surface area contributed by atoms with Gasteiger partial charge in [0.05, 0.1) is 0 Å². The largest absolute Gasteiger partial charge is 0.315 e. The van der Waals surface area contributed by atoms with E-state index in [1.807, 2.05) is 0 Å².